The molecule has 1 N–H and O–H groups in total. The number of thioether (sulfide) groups is 1. The number of unbranched alkanes of at least 4 members (excludes halogenated alkanes) is 1. The topological polar surface area (TPSA) is 51.0 Å². The van der Waals surface area contributed by atoms with Crippen LogP contribution in [-0.2, 0) is 17.7 Å². The van der Waals surface area contributed by atoms with Crippen LogP contribution in [-0.4, -0.2) is 28.2 Å². The van der Waals surface area contributed by atoms with Crippen LogP contribution in [0.25, 0.3) is 0 Å². The predicted octanol–water partition coefficient (Wildman–Crippen LogP) is 6.85. The second kappa shape index (κ2) is 10.7. The number of rotatable bonds is 9. The smallest absolute Gasteiger partial charge is 0.416 e. The van der Waals surface area contributed by atoms with Crippen LogP contribution in [0.15, 0.2) is 47.5 Å². The molecular formula is C22H23ClF3NO3S. The van der Waals surface area contributed by atoms with Crippen LogP contribution in [0.4, 0.5) is 13.2 Å². The molecule has 168 valence electrons. The first-order valence-electron chi connectivity index (χ1n) is 9.91. The SMILES string of the molecule is CCCCC1N=C(c2ccc(C(F)(F)F)cc2)SC1COc1ccc(COO)c(Cl)c1. The lowest BCUT2D eigenvalue weighted by molar-refractivity contribution is -0.252. The lowest BCUT2D eigenvalue weighted by Crippen LogP contribution is -2.24. The van der Waals surface area contributed by atoms with Crippen molar-refractivity contribution in [2.45, 2.75) is 50.3 Å². The second-order valence-corrected chi connectivity index (χ2v) is 8.85. The molecule has 4 nitrogen and oxygen atoms in total. The first-order valence-corrected chi connectivity index (χ1v) is 11.2. The number of halogens is 4. The van der Waals surface area contributed by atoms with Crippen LogP contribution >= 0.6 is 23.4 Å². The Labute approximate surface area is 188 Å². The van der Waals surface area contributed by atoms with Crippen molar-refractivity contribution in [1.29, 1.82) is 0 Å². The molecule has 1 heterocycles. The highest BCUT2D eigenvalue weighted by atomic mass is 35.5. The second-order valence-electron chi connectivity index (χ2n) is 7.21. The zero-order chi connectivity index (χ0) is 22.4. The Morgan fingerprint density at radius 1 is 1.16 bits per heavy atom. The zero-order valence-electron chi connectivity index (χ0n) is 16.9. The zero-order valence-corrected chi connectivity index (χ0v) is 18.4. The van der Waals surface area contributed by atoms with Crippen molar-refractivity contribution < 1.29 is 28.1 Å². The molecule has 31 heavy (non-hydrogen) atoms. The molecule has 0 fully saturated rings. The van der Waals surface area contributed by atoms with Gasteiger partial charge < -0.3 is 4.74 Å². The summed E-state index contributed by atoms with van der Waals surface area (Å²) in [5, 5.41) is 9.78. The molecule has 0 bridgehead atoms. The lowest BCUT2D eigenvalue weighted by Gasteiger charge is -2.18. The third-order valence-electron chi connectivity index (χ3n) is 4.95. The minimum absolute atomic E-state index is 0.0129. The minimum Gasteiger partial charge on any atom is -0.492 e. The molecule has 2 aromatic carbocycles. The van der Waals surface area contributed by atoms with Crippen LogP contribution in [0.3, 0.4) is 0 Å². The average Bonchev–Trinajstić information content (AvgIpc) is 3.15. The van der Waals surface area contributed by atoms with Gasteiger partial charge in [0.2, 0.25) is 0 Å². The number of hydrogen-bond acceptors (Lipinski definition) is 5. The van der Waals surface area contributed by atoms with Crippen molar-refractivity contribution >= 4 is 28.4 Å². The van der Waals surface area contributed by atoms with Gasteiger partial charge in [0.05, 0.1) is 21.9 Å². The van der Waals surface area contributed by atoms with E-state index in [2.05, 4.69) is 11.8 Å². The molecule has 2 atom stereocenters. The Morgan fingerprint density at radius 2 is 1.90 bits per heavy atom. The standard InChI is InChI=1S/C22H23ClF3NO3S/c1-2-3-4-19-20(13-29-17-10-7-15(12-30-28)18(23)11-17)31-21(27-19)14-5-8-16(9-6-14)22(24,25)26/h5-11,19-20,28H,2-4,12-13H2,1H3. The summed E-state index contributed by atoms with van der Waals surface area (Å²) in [4.78, 5) is 8.90. The summed E-state index contributed by atoms with van der Waals surface area (Å²) in [5.74, 6) is 0.588. The van der Waals surface area contributed by atoms with Crippen molar-refractivity contribution in [1.82, 2.24) is 0 Å². The molecule has 0 aromatic heterocycles. The molecule has 2 aromatic rings. The van der Waals surface area contributed by atoms with Gasteiger partial charge in [-0.25, -0.2) is 4.89 Å². The van der Waals surface area contributed by atoms with Gasteiger partial charge in [0.15, 0.2) is 0 Å². The number of alkyl halides is 3. The van der Waals surface area contributed by atoms with Crippen LogP contribution in [0, 0.1) is 0 Å². The van der Waals surface area contributed by atoms with Gasteiger partial charge >= 0.3 is 6.18 Å². The highest BCUT2D eigenvalue weighted by Gasteiger charge is 2.33. The predicted molar refractivity (Wildman–Crippen MR) is 117 cm³/mol. The Bertz CT molecular complexity index is 906. The molecule has 0 radical (unpaired) electrons. The Balaban J connectivity index is 1.68. The van der Waals surface area contributed by atoms with Crippen LogP contribution in [0.1, 0.15) is 42.9 Å². The number of hydrogen-bond donors (Lipinski definition) is 1. The average molecular weight is 474 g/mol. The molecule has 0 saturated carbocycles. The third kappa shape index (κ3) is 6.38. The minimum atomic E-state index is -4.36. The quantitative estimate of drug-likeness (QED) is 0.319. The lowest BCUT2D eigenvalue weighted by atomic mass is 10.1. The fourth-order valence-electron chi connectivity index (χ4n) is 3.22. The Morgan fingerprint density at radius 3 is 2.52 bits per heavy atom. The van der Waals surface area contributed by atoms with E-state index in [0.29, 0.717) is 28.5 Å². The van der Waals surface area contributed by atoms with E-state index in [-0.39, 0.29) is 17.9 Å². The van der Waals surface area contributed by atoms with E-state index < -0.39 is 11.7 Å². The first kappa shape index (κ1) is 23.9. The monoisotopic (exact) mass is 473 g/mol. The number of aliphatic imine (C=N–C) groups is 1. The molecule has 0 aliphatic carbocycles. The van der Waals surface area contributed by atoms with Crippen molar-refractivity contribution in [3.63, 3.8) is 0 Å². The fourth-order valence-corrected chi connectivity index (χ4v) is 4.69. The molecule has 0 spiro atoms. The van der Waals surface area contributed by atoms with E-state index in [1.807, 2.05) is 0 Å². The van der Waals surface area contributed by atoms with E-state index >= 15 is 0 Å². The molecule has 9 heteroatoms. The number of ether oxygens (including phenoxy) is 1. The van der Waals surface area contributed by atoms with Crippen molar-refractivity contribution in [3.8, 4) is 5.75 Å². The number of nitrogens with zero attached hydrogens (tertiary/aromatic N) is 1. The Hall–Kier alpha value is -1.74. The largest absolute Gasteiger partial charge is 0.492 e. The first-order chi connectivity index (χ1) is 14.8. The van der Waals surface area contributed by atoms with Gasteiger partial charge in [-0.3, -0.25) is 10.2 Å². The van der Waals surface area contributed by atoms with Crippen molar-refractivity contribution in [2.24, 2.45) is 4.99 Å². The molecule has 0 amide bonds. The molecule has 3 rings (SSSR count). The highest BCUT2D eigenvalue weighted by Crippen LogP contribution is 2.35. The molecule has 2 unspecified atom stereocenters. The van der Waals surface area contributed by atoms with Crippen LogP contribution in [0.2, 0.25) is 5.02 Å². The fraction of sp³-hybridized carbons (Fsp3) is 0.409. The molecule has 0 saturated heterocycles. The number of benzene rings is 2. The van der Waals surface area contributed by atoms with E-state index in [1.54, 1.807) is 18.2 Å². The maximum absolute atomic E-state index is 12.8. The van der Waals surface area contributed by atoms with E-state index in [4.69, 9.17) is 26.6 Å². The van der Waals surface area contributed by atoms with Gasteiger partial charge in [-0.2, -0.15) is 13.2 Å². The third-order valence-corrected chi connectivity index (χ3v) is 6.62. The molecular weight excluding hydrogens is 451 g/mol. The van der Waals surface area contributed by atoms with E-state index in [9.17, 15) is 13.2 Å². The van der Waals surface area contributed by atoms with Gasteiger partial charge in [-0.15, -0.1) is 0 Å². The summed E-state index contributed by atoms with van der Waals surface area (Å²) in [6.45, 7) is 2.48. The maximum atomic E-state index is 12.8. The Kier molecular flexibility index (Phi) is 8.27. The van der Waals surface area contributed by atoms with Gasteiger partial charge in [-0.05, 0) is 36.2 Å². The summed E-state index contributed by atoms with van der Waals surface area (Å²) in [7, 11) is 0. The van der Waals surface area contributed by atoms with Gasteiger partial charge in [0.25, 0.3) is 0 Å². The van der Waals surface area contributed by atoms with Crippen LogP contribution in [0.5, 0.6) is 5.75 Å². The maximum Gasteiger partial charge on any atom is 0.416 e. The van der Waals surface area contributed by atoms with E-state index in [0.717, 1.165) is 36.4 Å². The van der Waals surface area contributed by atoms with Gasteiger partial charge in [0.1, 0.15) is 19.0 Å². The van der Waals surface area contributed by atoms with Gasteiger partial charge in [0, 0.05) is 10.6 Å². The van der Waals surface area contributed by atoms with Crippen molar-refractivity contribution in [2.75, 3.05) is 6.61 Å². The molecule has 1 aliphatic rings. The summed E-state index contributed by atoms with van der Waals surface area (Å²) in [6, 6.07) is 10.3. The van der Waals surface area contributed by atoms with E-state index in [1.165, 1.54) is 23.9 Å². The summed E-state index contributed by atoms with van der Waals surface area (Å²) in [5.41, 5.74) is 0.646. The molecule has 1 aliphatic heterocycles. The highest BCUT2D eigenvalue weighted by molar-refractivity contribution is 8.15. The van der Waals surface area contributed by atoms with Gasteiger partial charge in [-0.1, -0.05) is 61.3 Å². The normalized spacial score (nSPS) is 18.8. The van der Waals surface area contributed by atoms with Crippen LogP contribution < -0.4 is 4.74 Å². The summed E-state index contributed by atoms with van der Waals surface area (Å²) < 4.78 is 44.4. The van der Waals surface area contributed by atoms with Crippen molar-refractivity contribution in [3.05, 3.63) is 64.2 Å². The summed E-state index contributed by atoms with van der Waals surface area (Å²) in [6.07, 6.45) is -1.43. The summed E-state index contributed by atoms with van der Waals surface area (Å²) >= 11 is 7.70.